The molecule has 1 saturated heterocycles. The van der Waals surface area contributed by atoms with Crippen LogP contribution in [0.25, 0.3) is 0 Å². The Balaban J connectivity index is 2.31. The summed E-state index contributed by atoms with van der Waals surface area (Å²) in [6.07, 6.45) is 20.6. The number of carbonyl (C=O) groups excluding carboxylic acids is 1. The van der Waals surface area contributed by atoms with Crippen LogP contribution in [-0.2, 0) is 38.3 Å². The van der Waals surface area contributed by atoms with Crippen LogP contribution in [0.2, 0.25) is 0 Å². The molecule has 1 aliphatic rings. The Hall–Kier alpha value is -0.900. The summed E-state index contributed by atoms with van der Waals surface area (Å²) in [4.78, 5) is 12.6. The minimum atomic E-state index is -5.05. The average Bonchev–Trinajstić information content (AvgIpc) is 3.09. The molecule has 0 aromatic heterocycles. The molecule has 0 aromatic carbocycles. The van der Waals surface area contributed by atoms with Crippen molar-refractivity contribution >= 4 is 16.4 Å². The number of aliphatic hydroxyl groups is 3. The summed E-state index contributed by atoms with van der Waals surface area (Å²) < 4.78 is 58.5. The largest absolute Gasteiger partial charge is 0.457 e. The second-order valence-corrected chi connectivity index (χ2v) is 15.3. The van der Waals surface area contributed by atoms with Gasteiger partial charge in [0.05, 0.1) is 19.8 Å². The molecule has 6 atom stereocenters. The standard InChI is InChI=1S/C38H74O12S/c1-3-5-7-9-10-11-12-13-14-15-16-17-18-19-20-21-22-24-26-28-46-30-32(48-34(40)27-25-23-8-6-4-2)31-47-38-36(42)37(50-51(43,44)45)35(41)33(29-39)49-38/h32-33,35-39,41-42H,3-31H2,1-2H3,(H,43,44,45). The normalized spacial score (nSPS) is 21.6. The van der Waals surface area contributed by atoms with Crippen LogP contribution in [0.5, 0.6) is 0 Å². The smallest absolute Gasteiger partial charge is 0.397 e. The van der Waals surface area contributed by atoms with Crippen LogP contribution in [0.15, 0.2) is 0 Å². The number of ether oxygens (including phenoxy) is 4. The van der Waals surface area contributed by atoms with E-state index in [1.165, 1.54) is 103 Å². The van der Waals surface area contributed by atoms with Gasteiger partial charge in [0.1, 0.15) is 30.5 Å². The zero-order valence-electron chi connectivity index (χ0n) is 31.9. The second kappa shape index (κ2) is 31.5. The number of esters is 1. The maximum absolute atomic E-state index is 12.6. The molecule has 13 heteroatoms. The van der Waals surface area contributed by atoms with E-state index in [0.717, 1.165) is 44.9 Å². The summed E-state index contributed by atoms with van der Waals surface area (Å²) in [5.74, 6) is -0.409. The van der Waals surface area contributed by atoms with Crippen LogP contribution >= 0.6 is 0 Å². The van der Waals surface area contributed by atoms with Gasteiger partial charge < -0.3 is 34.3 Å². The molecule has 0 aliphatic carbocycles. The van der Waals surface area contributed by atoms with Crippen LogP contribution < -0.4 is 0 Å². The fraction of sp³-hybridized carbons (Fsp3) is 0.974. The Morgan fingerprint density at radius 2 is 1.12 bits per heavy atom. The van der Waals surface area contributed by atoms with Gasteiger partial charge in [-0.3, -0.25) is 9.35 Å². The molecule has 1 heterocycles. The summed E-state index contributed by atoms with van der Waals surface area (Å²) in [6, 6.07) is 0. The molecule has 51 heavy (non-hydrogen) atoms. The van der Waals surface area contributed by atoms with E-state index < -0.39 is 59.8 Å². The van der Waals surface area contributed by atoms with Gasteiger partial charge in [-0.15, -0.1) is 0 Å². The van der Waals surface area contributed by atoms with Crippen LogP contribution in [0.4, 0.5) is 0 Å². The van der Waals surface area contributed by atoms with E-state index in [-0.39, 0.29) is 19.6 Å². The first kappa shape index (κ1) is 48.1. The third-order valence-corrected chi connectivity index (χ3v) is 9.94. The highest BCUT2D eigenvalue weighted by molar-refractivity contribution is 7.80. The summed E-state index contributed by atoms with van der Waals surface area (Å²) in [6.45, 7) is 3.90. The Labute approximate surface area is 309 Å². The van der Waals surface area contributed by atoms with Crippen LogP contribution in [0, 0.1) is 0 Å². The minimum Gasteiger partial charge on any atom is -0.457 e. The number of hydrogen-bond donors (Lipinski definition) is 4. The third-order valence-electron chi connectivity index (χ3n) is 9.48. The number of carbonyl (C=O) groups is 1. The SMILES string of the molecule is CCCCCCCCCCCCCCCCCCCCCOCC(COC1OC(CO)C(O)C(OS(=O)(=O)O)C1O)OC(=O)CCCCCCC. The van der Waals surface area contributed by atoms with Gasteiger partial charge in [-0.1, -0.05) is 155 Å². The number of rotatable bonds is 35. The fourth-order valence-electron chi connectivity index (χ4n) is 6.38. The highest BCUT2D eigenvalue weighted by Crippen LogP contribution is 2.26. The van der Waals surface area contributed by atoms with Crippen molar-refractivity contribution in [2.45, 2.75) is 211 Å². The molecule has 4 N–H and O–H groups in total. The van der Waals surface area contributed by atoms with Crippen molar-refractivity contribution in [3.63, 3.8) is 0 Å². The summed E-state index contributed by atoms with van der Waals surface area (Å²) in [5, 5.41) is 30.4. The molecule has 1 fully saturated rings. The van der Waals surface area contributed by atoms with Crippen molar-refractivity contribution in [1.82, 2.24) is 0 Å². The zero-order chi connectivity index (χ0) is 37.6. The molecule has 0 saturated carbocycles. The summed E-state index contributed by atoms with van der Waals surface area (Å²) in [5.41, 5.74) is 0. The lowest BCUT2D eigenvalue weighted by molar-refractivity contribution is -0.301. The first-order valence-electron chi connectivity index (χ1n) is 20.3. The Morgan fingerprint density at radius 3 is 1.57 bits per heavy atom. The molecule has 304 valence electrons. The van der Waals surface area contributed by atoms with Crippen molar-refractivity contribution in [2.24, 2.45) is 0 Å². The van der Waals surface area contributed by atoms with Crippen molar-refractivity contribution in [3.05, 3.63) is 0 Å². The van der Waals surface area contributed by atoms with Gasteiger partial charge in [-0.25, -0.2) is 4.18 Å². The molecular formula is C38H74O12S. The minimum absolute atomic E-state index is 0.0421. The number of aliphatic hydroxyl groups excluding tert-OH is 3. The van der Waals surface area contributed by atoms with Crippen LogP contribution in [0.1, 0.15) is 174 Å². The second-order valence-electron chi connectivity index (χ2n) is 14.2. The van der Waals surface area contributed by atoms with Gasteiger partial charge in [0.2, 0.25) is 0 Å². The van der Waals surface area contributed by atoms with E-state index in [1.807, 2.05) is 0 Å². The maximum Gasteiger partial charge on any atom is 0.397 e. The lowest BCUT2D eigenvalue weighted by atomic mass is 9.99. The Morgan fingerprint density at radius 1 is 0.667 bits per heavy atom. The highest BCUT2D eigenvalue weighted by atomic mass is 32.3. The van der Waals surface area contributed by atoms with E-state index >= 15 is 0 Å². The monoisotopic (exact) mass is 754 g/mol. The van der Waals surface area contributed by atoms with Gasteiger partial charge in [-0.2, -0.15) is 8.42 Å². The van der Waals surface area contributed by atoms with Crippen molar-refractivity contribution in [3.8, 4) is 0 Å². The van der Waals surface area contributed by atoms with E-state index in [9.17, 15) is 28.5 Å². The van der Waals surface area contributed by atoms with Gasteiger partial charge in [0.25, 0.3) is 0 Å². The molecule has 1 aliphatic heterocycles. The molecule has 0 amide bonds. The van der Waals surface area contributed by atoms with Crippen molar-refractivity contribution in [2.75, 3.05) is 26.4 Å². The molecular weight excluding hydrogens is 680 g/mol. The quantitative estimate of drug-likeness (QED) is 0.0288. The summed E-state index contributed by atoms with van der Waals surface area (Å²) >= 11 is 0. The van der Waals surface area contributed by atoms with E-state index in [1.54, 1.807) is 0 Å². The highest BCUT2D eigenvalue weighted by Gasteiger charge is 2.48. The van der Waals surface area contributed by atoms with Gasteiger partial charge in [0.15, 0.2) is 6.29 Å². The average molecular weight is 755 g/mol. The van der Waals surface area contributed by atoms with Gasteiger partial charge >= 0.3 is 16.4 Å². The van der Waals surface area contributed by atoms with Crippen molar-refractivity contribution < 1.29 is 56.2 Å². The lowest BCUT2D eigenvalue weighted by Gasteiger charge is -2.41. The molecule has 6 unspecified atom stereocenters. The topological polar surface area (TPSA) is 178 Å². The first-order valence-corrected chi connectivity index (χ1v) is 21.7. The van der Waals surface area contributed by atoms with E-state index in [0.29, 0.717) is 13.0 Å². The lowest BCUT2D eigenvalue weighted by Crippen LogP contribution is -2.60. The maximum atomic E-state index is 12.6. The van der Waals surface area contributed by atoms with E-state index in [2.05, 4.69) is 18.0 Å². The predicted octanol–water partition coefficient (Wildman–Crippen LogP) is 7.35. The Kier molecular flexibility index (Phi) is 29.7. The van der Waals surface area contributed by atoms with Crippen LogP contribution in [-0.4, -0.2) is 97.5 Å². The van der Waals surface area contributed by atoms with Gasteiger partial charge in [0, 0.05) is 13.0 Å². The predicted molar refractivity (Wildman–Crippen MR) is 198 cm³/mol. The van der Waals surface area contributed by atoms with E-state index in [4.69, 9.17) is 23.5 Å². The number of hydrogen-bond acceptors (Lipinski definition) is 11. The zero-order valence-corrected chi connectivity index (χ0v) is 32.7. The third kappa shape index (κ3) is 25.7. The summed E-state index contributed by atoms with van der Waals surface area (Å²) in [7, 11) is -5.05. The molecule has 1 rings (SSSR count). The van der Waals surface area contributed by atoms with Gasteiger partial charge in [-0.05, 0) is 12.8 Å². The molecule has 0 bridgehead atoms. The Bertz CT molecular complexity index is 921. The number of unbranched alkanes of at least 4 members (excludes halogenated alkanes) is 22. The van der Waals surface area contributed by atoms with Crippen LogP contribution in [0.3, 0.4) is 0 Å². The van der Waals surface area contributed by atoms with Crippen molar-refractivity contribution in [1.29, 1.82) is 0 Å². The molecule has 0 radical (unpaired) electrons. The first-order chi connectivity index (χ1) is 24.6. The fourth-order valence-corrected chi connectivity index (χ4v) is 6.89. The molecule has 12 nitrogen and oxygen atoms in total. The molecule has 0 spiro atoms. The molecule has 0 aromatic rings.